The molecule has 2 nitrogen and oxygen atoms in total. The minimum Gasteiger partial charge on any atom is -0.451 e. The summed E-state index contributed by atoms with van der Waals surface area (Å²) in [6.07, 6.45) is 2.01. The van der Waals surface area contributed by atoms with Crippen LogP contribution in [0.3, 0.4) is 0 Å². The van der Waals surface area contributed by atoms with Crippen molar-refractivity contribution in [2.75, 3.05) is 6.26 Å². The van der Waals surface area contributed by atoms with Crippen molar-refractivity contribution in [1.82, 2.24) is 0 Å². The number of hydrogen-bond donors (Lipinski definition) is 0. The number of halogens is 1. The maximum Gasteiger partial charge on any atom is 0.340 e. The first-order chi connectivity index (χ1) is 10.9. The van der Waals surface area contributed by atoms with Crippen LogP contribution in [0.4, 0.5) is 4.39 Å². The Kier molecular flexibility index (Phi) is 4.02. The van der Waals surface area contributed by atoms with Crippen LogP contribution in [0.15, 0.2) is 53.4 Å². The largest absolute Gasteiger partial charge is 0.451 e. The Hall–Kier alpha value is -2.07. The molecule has 0 spiro atoms. The first-order valence-corrected chi connectivity index (χ1v) is 8.53. The van der Waals surface area contributed by atoms with E-state index in [2.05, 4.69) is 0 Å². The zero-order chi connectivity index (χ0) is 16.6. The zero-order valence-corrected chi connectivity index (χ0v) is 14.0. The summed E-state index contributed by atoms with van der Waals surface area (Å²) in [5.74, 6) is -0.783. The lowest BCUT2D eigenvalue weighted by Gasteiger charge is -2.21. The summed E-state index contributed by atoms with van der Waals surface area (Å²) in [6, 6.07) is 14.0. The van der Waals surface area contributed by atoms with Crippen LogP contribution in [-0.4, -0.2) is 17.8 Å². The van der Waals surface area contributed by atoms with Crippen molar-refractivity contribution in [3.05, 3.63) is 65.5 Å². The molecule has 23 heavy (non-hydrogen) atoms. The molecule has 0 amide bonds. The molecule has 0 fully saturated rings. The van der Waals surface area contributed by atoms with Crippen molar-refractivity contribution in [2.24, 2.45) is 0 Å². The average molecular weight is 328 g/mol. The van der Waals surface area contributed by atoms with Crippen molar-refractivity contribution >= 4 is 28.9 Å². The van der Waals surface area contributed by atoms with Gasteiger partial charge in [-0.2, -0.15) is 0 Å². The van der Waals surface area contributed by atoms with Crippen LogP contribution in [0, 0.1) is 5.82 Å². The highest BCUT2D eigenvalue weighted by atomic mass is 32.2. The molecule has 0 radical (unpaired) electrons. The molecule has 0 N–H and O–H groups in total. The third-order valence-electron chi connectivity index (χ3n) is 3.90. The molecule has 4 heteroatoms. The Morgan fingerprint density at radius 3 is 2.35 bits per heavy atom. The minimum absolute atomic E-state index is 0.371. The van der Waals surface area contributed by atoms with Gasteiger partial charge >= 0.3 is 5.97 Å². The third kappa shape index (κ3) is 2.91. The van der Waals surface area contributed by atoms with Gasteiger partial charge < -0.3 is 4.74 Å². The first-order valence-electron chi connectivity index (χ1n) is 7.31. The summed E-state index contributed by atoms with van der Waals surface area (Å²) in [7, 11) is 0. The van der Waals surface area contributed by atoms with Crippen LogP contribution in [0.1, 0.15) is 25.0 Å². The van der Waals surface area contributed by atoms with E-state index in [4.69, 9.17) is 4.74 Å². The molecule has 0 aromatic heterocycles. The topological polar surface area (TPSA) is 26.3 Å². The van der Waals surface area contributed by atoms with E-state index in [1.165, 1.54) is 12.1 Å². The second-order valence-electron chi connectivity index (χ2n) is 5.89. The normalized spacial score (nSPS) is 16.6. The molecule has 1 aliphatic heterocycles. The van der Waals surface area contributed by atoms with Crippen LogP contribution in [0.5, 0.6) is 0 Å². The van der Waals surface area contributed by atoms with Crippen LogP contribution >= 0.6 is 11.8 Å². The number of rotatable bonds is 3. The van der Waals surface area contributed by atoms with Gasteiger partial charge in [0.15, 0.2) is 0 Å². The second kappa shape index (κ2) is 5.85. The Bertz CT molecular complexity index is 791. The molecule has 118 valence electrons. The zero-order valence-electron chi connectivity index (χ0n) is 13.2. The van der Waals surface area contributed by atoms with E-state index in [1.807, 2.05) is 44.4 Å². The van der Waals surface area contributed by atoms with Gasteiger partial charge in [-0.15, -0.1) is 11.8 Å². The summed E-state index contributed by atoms with van der Waals surface area (Å²) in [6.45, 7) is 3.71. The number of ether oxygens (including phenoxy) is 1. The predicted octanol–water partition coefficient (Wildman–Crippen LogP) is 4.79. The highest BCUT2D eigenvalue weighted by Crippen LogP contribution is 2.43. The molecule has 3 rings (SSSR count). The quantitative estimate of drug-likeness (QED) is 0.598. The number of carbonyl (C=O) groups is 1. The Morgan fingerprint density at radius 2 is 1.74 bits per heavy atom. The van der Waals surface area contributed by atoms with Gasteiger partial charge in [0, 0.05) is 10.5 Å². The average Bonchev–Trinajstić information content (AvgIpc) is 2.76. The highest BCUT2D eigenvalue weighted by molar-refractivity contribution is 7.98. The molecular formula is C19H17FO2S. The van der Waals surface area contributed by atoms with Gasteiger partial charge in [0.2, 0.25) is 0 Å². The van der Waals surface area contributed by atoms with Crippen LogP contribution in [0.25, 0.3) is 11.1 Å². The fourth-order valence-electron chi connectivity index (χ4n) is 2.89. The molecule has 0 saturated carbocycles. The van der Waals surface area contributed by atoms with E-state index in [0.717, 1.165) is 16.0 Å². The fourth-order valence-corrected chi connectivity index (χ4v) is 3.30. The van der Waals surface area contributed by atoms with Crippen molar-refractivity contribution in [3.8, 4) is 0 Å². The number of benzene rings is 2. The van der Waals surface area contributed by atoms with Crippen molar-refractivity contribution < 1.29 is 13.9 Å². The summed E-state index contributed by atoms with van der Waals surface area (Å²) < 4.78 is 19.1. The minimum atomic E-state index is -0.750. The van der Waals surface area contributed by atoms with E-state index in [0.29, 0.717) is 11.1 Å². The Morgan fingerprint density at radius 1 is 1.04 bits per heavy atom. The molecule has 1 heterocycles. The van der Waals surface area contributed by atoms with E-state index in [-0.39, 0.29) is 5.82 Å². The first kappa shape index (κ1) is 15.8. The van der Waals surface area contributed by atoms with Crippen molar-refractivity contribution in [1.29, 1.82) is 0 Å². The van der Waals surface area contributed by atoms with E-state index in [9.17, 15) is 9.18 Å². The second-order valence-corrected chi connectivity index (χ2v) is 6.77. The number of thioether (sulfide) groups is 1. The van der Waals surface area contributed by atoms with Crippen LogP contribution in [0.2, 0.25) is 0 Å². The van der Waals surface area contributed by atoms with Gasteiger partial charge in [0.05, 0.1) is 5.57 Å². The lowest BCUT2D eigenvalue weighted by atomic mass is 9.87. The third-order valence-corrected chi connectivity index (χ3v) is 4.64. The van der Waals surface area contributed by atoms with Crippen molar-refractivity contribution in [3.63, 3.8) is 0 Å². The van der Waals surface area contributed by atoms with E-state index in [1.54, 1.807) is 23.9 Å². The van der Waals surface area contributed by atoms with Gasteiger partial charge in [-0.3, -0.25) is 0 Å². The predicted molar refractivity (Wildman–Crippen MR) is 91.6 cm³/mol. The summed E-state index contributed by atoms with van der Waals surface area (Å²) in [5.41, 5.74) is 1.94. The summed E-state index contributed by atoms with van der Waals surface area (Å²) in [4.78, 5) is 13.5. The van der Waals surface area contributed by atoms with Gasteiger partial charge in [0.1, 0.15) is 11.4 Å². The standard InChI is InChI=1S/C19H17FO2S/c1-19(2)17(12-7-9-15(23-3)10-8-12)16(18(21)22-19)13-5-4-6-14(20)11-13/h4-11H,1-3H3. The molecule has 1 aliphatic rings. The van der Waals surface area contributed by atoms with Crippen molar-refractivity contribution in [2.45, 2.75) is 24.3 Å². The van der Waals surface area contributed by atoms with Gasteiger partial charge in [-0.1, -0.05) is 24.3 Å². The van der Waals surface area contributed by atoms with E-state index < -0.39 is 11.6 Å². The maximum absolute atomic E-state index is 13.6. The maximum atomic E-state index is 13.6. The monoisotopic (exact) mass is 328 g/mol. The van der Waals surface area contributed by atoms with Crippen LogP contribution in [-0.2, 0) is 9.53 Å². The number of hydrogen-bond acceptors (Lipinski definition) is 3. The smallest absolute Gasteiger partial charge is 0.340 e. The molecule has 0 aliphatic carbocycles. The molecule has 0 unspecified atom stereocenters. The molecule has 0 bridgehead atoms. The molecular weight excluding hydrogens is 311 g/mol. The summed E-state index contributed by atoms with van der Waals surface area (Å²) in [5, 5.41) is 0. The lowest BCUT2D eigenvalue weighted by molar-refractivity contribution is -0.141. The van der Waals surface area contributed by atoms with Gasteiger partial charge in [-0.05, 0) is 55.5 Å². The van der Waals surface area contributed by atoms with Gasteiger partial charge in [0.25, 0.3) is 0 Å². The Labute approximate surface area is 139 Å². The summed E-state index contributed by atoms with van der Waals surface area (Å²) >= 11 is 1.66. The molecule has 0 atom stereocenters. The highest BCUT2D eigenvalue weighted by Gasteiger charge is 2.41. The number of esters is 1. The lowest BCUT2D eigenvalue weighted by Crippen LogP contribution is -2.22. The van der Waals surface area contributed by atoms with Gasteiger partial charge in [-0.25, -0.2) is 9.18 Å². The molecule has 2 aromatic rings. The molecule has 0 saturated heterocycles. The number of cyclic esters (lactones) is 1. The number of carbonyl (C=O) groups excluding carboxylic acids is 1. The Balaban J connectivity index is 2.22. The molecule has 2 aromatic carbocycles. The SMILES string of the molecule is CSc1ccc(C2=C(c3cccc(F)c3)C(=O)OC2(C)C)cc1. The van der Waals surface area contributed by atoms with Crippen LogP contribution < -0.4 is 0 Å². The van der Waals surface area contributed by atoms with E-state index >= 15 is 0 Å². The fraction of sp³-hybridized carbons (Fsp3) is 0.211.